The van der Waals surface area contributed by atoms with E-state index in [2.05, 4.69) is 4.99 Å². The molecule has 0 bridgehead atoms. The largest absolute Gasteiger partial charge is 0.402 e. The zero-order valence-corrected chi connectivity index (χ0v) is 10.7. The molecule has 104 valence electrons. The Labute approximate surface area is 119 Å². The van der Waals surface area contributed by atoms with Gasteiger partial charge in [-0.1, -0.05) is 18.2 Å². The van der Waals surface area contributed by atoms with Gasteiger partial charge in [0.25, 0.3) is 0 Å². The van der Waals surface area contributed by atoms with Crippen LogP contribution in [-0.2, 0) is 9.53 Å². The molecule has 0 atom stereocenters. The third kappa shape index (κ3) is 2.86. The van der Waals surface area contributed by atoms with Crippen LogP contribution >= 0.6 is 0 Å². The first-order chi connectivity index (χ1) is 10.1. The summed E-state index contributed by atoms with van der Waals surface area (Å²) in [5.74, 6) is -1.39. The Hall–Kier alpha value is -2.82. The number of nitrogens with zero attached hydrogens (tertiary/aromatic N) is 1. The average Bonchev–Trinajstić information content (AvgIpc) is 2.83. The van der Waals surface area contributed by atoms with E-state index in [0.717, 1.165) is 0 Å². The summed E-state index contributed by atoms with van der Waals surface area (Å²) >= 11 is 0. The Kier molecular flexibility index (Phi) is 3.31. The lowest BCUT2D eigenvalue weighted by Crippen LogP contribution is -2.05. The maximum Gasteiger partial charge on any atom is 0.363 e. The highest BCUT2D eigenvalue weighted by atomic mass is 19.1. The van der Waals surface area contributed by atoms with Gasteiger partial charge in [-0.3, -0.25) is 0 Å². The van der Waals surface area contributed by atoms with Crippen LogP contribution in [0.25, 0.3) is 6.08 Å². The Morgan fingerprint density at radius 2 is 1.76 bits per heavy atom. The molecule has 1 heterocycles. The predicted octanol–water partition coefficient (Wildman–Crippen LogP) is 3.31. The lowest BCUT2D eigenvalue weighted by atomic mass is 10.2. The summed E-state index contributed by atoms with van der Waals surface area (Å²) in [7, 11) is 0. The van der Waals surface area contributed by atoms with Crippen molar-refractivity contribution in [1.82, 2.24) is 0 Å². The van der Waals surface area contributed by atoms with Gasteiger partial charge in [0.05, 0.1) is 0 Å². The smallest absolute Gasteiger partial charge is 0.363 e. The number of halogens is 2. The molecule has 2 aromatic carbocycles. The average molecular weight is 285 g/mol. The standard InChI is InChI=1S/C16H9F2NO2/c17-12-6-4-10(5-7-12)8-14-16(20)21-15(19-14)11-2-1-3-13(18)9-11/h1-9H/b14-8-. The predicted molar refractivity (Wildman–Crippen MR) is 73.4 cm³/mol. The summed E-state index contributed by atoms with van der Waals surface area (Å²) < 4.78 is 31.0. The van der Waals surface area contributed by atoms with Crippen LogP contribution < -0.4 is 0 Å². The number of cyclic esters (lactones) is 1. The number of rotatable bonds is 2. The van der Waals surface area contributed by atoms with Crippen molar-refractivity contribution in [2.75, 3.05) is 0 Å². The van der Waals surface area contributed by atoms with Gasteiger partial charge in [-0.15, -0.1) is 0 Å². The molecule has 3 rings (SSSR count). The van der Waals surface area contributed by atoms with Crippen LogP contribution in [0.1, 0.15) is 11.1 Å². The van der Waals surface area contributed by atoms with Crippen molar-refractivity contribution in [3.63, 3.8) is 0 Å². The van der Waals surface area contributed by atoms with Crippen molar-refractivity contribution >= 4 is 17.9 Å². The summed E-state index contributed by atoms with van der Waals surface area (Å²) in [5, 5.41) is 0. The molecule has 5 heteroatoms. The second kappa shape index (κ2) is 5.28. The van der Waals surface area contributed by atoms with Crippen molar-refractivity contribution in [2.24, 2.45) is 4.99 Å². The van der Waals surface area contributed by atoms with Gasteiger partial charge in [0.1, 0.15) is 11.6 Å². The molecule has 0 N–H and O–H groups in total. The summed E-state index contributed by atoms with van der Waals surface area (Å²) in [6.07, 6.45) is 1.48. The van der Waals surface area contributed by atoms with Gasteiger partial charge in [-0.05, 0) is 42.0 Å². The highest BCUT2D eigenvalue weighted by Gasteiger charge is 2.24. The van der Waals surface area contributed by atoms with Crippen molar-refractivity contribution in [3.05, 3.63) is 77.0 Å². The molecule has 0 radical (unpaired) electrons. The van der Waals surface area contributed by atoms with E-state index >= 15 is 0 Å². The number of esters is 1. The third-order valence-electron chi connectivity index (χ3n) is 2.87. The quantitative estimate of drug-likeness (QED) is 0.627. The van der Waals surface area contributed by atoms with E-state index in [9.17, 15) is 13.6 Å². The second-order valence-corrected chi connectivity index (χ2v) is 4.40. The summed E-state index contributed by atoms with van der Waals surface area (Å²) in [6.45, 7) is 0. The van der Waals surface area contributed by atoms with E-state index in [1.54, 1.807) is 6.07 Å². The van der Waals surface area contributed by atoms with Crippen LogP contribution in [0.4, 0.5) is 8.78 Å². The molecule has 1 aliphatic rings. The first-order valence-corrected chi connectivity index (χ1v) is 6.16. The van der Waals surface area contributed by atoms with Gasteiger partial charge in [0.15, 0.2) is 5.70 Å². The highest BCUT2D eigenvalue weighted by molar-refractivity contribution is 6.12. The molecule has 2 aromatic rings. The van der Waals surface area contributed by atoms with Crippen molar-refractivity contribution in [3.8, 4) is 0 Å². The SMILES string of the molecule is O=C1OC(c2cccc(F)c2)=N/C1=C\c1ccc(F)cc1. The van der Waals surface area contributed by atoms with E-state index in [0.29, 0.717) is 11.1 Å². The zero-order valence-electron chi connectivity index (χ0n) is 10.7. The topological polar surface area (TPSA) is 38.7 Å². The Morgan fingerprint density at radius 1 is 1.00 bits per heavy atom. The highest BCUT2D eigenvalue weighted by Crippen LogP contribution is 2.19. The molecule has 21 heavy (non-hydrogen) atoms. The van der Waals surface area contributed by atoms with Crippen LogP contribution in [0.3, 0.4) is 0 Å². The molecule has 0 aliphatic carbocycles. The van der Waals surface area contributed by atoms with E-state index in [4.69, 9.17) is 4.74 Å². The Balaban J connectivity index is 1.93. The number of benzene rings is 2. The maximum atomic E-state index is 13.2. The van der Waals surface area contributed by atoms with E-state index in [-0.39, 0.29) is 17.4 Å². The fraction of sp³-hybridized carbons (Fsp3) is 0. The van der Waals surface area contributed by atoms with Crippen molar-refractivity contribution in [2.45, 2.75) is 0 Å². The van der Waals surface area contributed by atoms with Crippen LogP contribution in [0.5, 0.6) is 0 Å². The van der Waals surface area contributed by atoms with Crippen LogP contribution in [0, 0.1) is 11.6 Å². The van der Waals surface area contributed by atoms with Crippen LogP contribution in [0.15, 0.2) is 59.2 Å². The fourth-order valence-electron chi connectivity index (χ4n) is 1.87. The Bertz CT molecular complexity index is 764. The second-order valence-electron chi connectivity index (χ2n) is 4.40. The van der Waals surface area contributed by atoms with Crippen LogP contribution in [-0.4, -0.2) is 11.9 Å². The molecule has 0 aromatic heterocycles. The molecule has 1 aliphatic heterocycles. The first-order valence-electron chi connectivity index (χ1n) is 6.16. The number of carbonyl (C=O) groups excluding carboxylic acids is 1. The fourth-order valence-corrected chi connectivity index (χ4v) is 1.87. The summed E-state index contributed by atoms with van der Waals surface area (Å²) in [5.41, 5.74) is 1.08. The molecule has 0 spiro atoms. The third-order valence-corrected chi connectivity index (χ3v) is 2.87. The van der Waals surface area contributed by atoms with Gasteiger partial charge in [-0.25, -0.2) is 18.6 Å². The molecular formula is C16H9F2NO2. The molecule has 0 saturated carbocycles. The minimum atomic E-state index is -0.626. The van der Waals surface area contributed by atoms with Crippen molar-refractivity contribution < 1.29 is 18.3 Å². The molecule has 0 saturated heterocycles. The van der Waals surface area contributed by atoms with E-state index in [1.165, 1.54) is 48.5 Å². The van der Waals surface area contributed by atoms with Gasteiger partial charge < -0.3 is 4.74 Å². The normalized spacial score (nSPS) is 16.0. The van der Waals surface area contributed by atoms with Gasteiger partial charge in [0, 0.05) is 5.56 Å². The molecule has 0 amide bonds. The van der Waals surface area contributed by atoms with Crippen LogP contribution in [0.2, 0.25) is 0 Å². The van der Waals surface area contributed by atoms with Gasteiger partial charge in [0.2, 0.25) is 5.90 Å². The molecule has 3 nitrogen and oxygen atoms in total. The van der Waals surface area contributed by atoms with Crippen molar-refractivity contribution in [1.29, 1.82) is 0 Å². The summed E-state index contributed by atoms with van der Waals surface area (Å²) in [4.78, 5) is 15.8. The monoisotopic (exact) mass is 285 g/mol. The van der Waals surface area contributed by atoms with E-state index < -0.39 is 11.8 Å². The van der Waals surface area contributed by atoms with Gasteiger partial charge >= 0.3 is 5.97 Å². The molecule has 0 unspecified atom stereocenters. The molecule has 0 fully saturated rings. The van der Waals surface area contributed by atoms with E-state index in [1.807, 2.05) is 0 Å². The number of hydrogen-bond acceptors (Lipinski definition) is 3. The maximum absolute atomic E-state index is 13.2. The lowest BCUT2D eigenvalue weighted by molar-refractivity contribution is -0.129. The summed E-state index contributed by atoms with van der Waals surface area (Å²) in [6, 6.07) is 11.2. The number of ether oxygens (including phenoxy) is 1. The zero-order chi connectivity index (χ0) is 14.8. The number of carbonyl (C=O) groups is 1. The Morgan fingerprint density at radius 3 is 2.48 bits per heavy atom. The molecular weight excluding hydrogens is 276 g/mol. The lowest BCUT2D eigenvalue weighted by Gasteiger charge is -1.98. The minimum Gasteiger partial charge on any atom is -0.402 e. The number of aliphatic imine (C=N–C) groups is 1. The number of hydrogen-bond donors (Lipinski definition) is 0. The first kappa shape index (κ1) is 13.2. The minimum absolute atomic E-state index is 0.0489. The van der Waals surface area contributed by atoms with Gasteiger partial charge in [-0.2, -0.15) is 0 Å².